The molecule has 1 saturated heterocycles. The van der Waals surface area contributed by atoms with Gasteiger partial charge in [0, 0.05) is 18.7 Å². The van der Waals surface area contributed by atoms with E-state index in [0.29, 0.717) is 17.9 Å². The Morgan fingerprint density at radius 1 is 1.07 bits per heavy atom. The molecule has 142 valence electrons. The number of ether oxygens (including phenoxy) is 1. The molecule has 2 heterocycles. The van der Waals surface area contributed by atoms with Gasteiger partial charge in [-0.3, -0.25) is 4.79 Å². The van der Waals surface area contributed by atoms with E-state index in [1.165, 1.54) is 0 Å². The number of hydrogen-bond acceptors (Lipinski definition) is 4. The minimum absolute atomic E-state index is 0.146. The molecular formula is C23H23N3O2. The van der Waals surface area contributed by atoms with Gasteiger partial charge in [-0.2, -0.15) is 0 Å². The minimum Gasteiger partial charge on any atom is -0.375 e. The zero-order chi connectivity index (χ0) is 19.3. The van der Waals surface area contributed by atoms with Gasteiger partial charge in [-0.25, -0.2) is 4.98 Å². The first-order chi connectivity index (χ1) is 13.7. The molecule has 2 aromatic carbocycles. The van der Waals surface area contributed by atoms with Gasteiger partial charge < -0.3 is 15.0 Å². The van der Waals surface area contributed by atoms with Gasteiger partial charge in [0.2, 0.25) is 0 Å². The third-order valence-corrected chi connectivity index (χ3v) is 4.80. The van der Waals surface area contributed by atoms with Gasteiger partial charge in [-0.1, -0.05) is 42.5 Å². The molecule has 5 heteroatoms. The Labute approximate surface area is 165 Å². The van der Waals surface area contributed by atoms with Crippen LogP contribution in [0.15, 0.2) is 72.9 Å². The van der Waals surface area contributed by atoms with Crippen molar-refractivity contribution in [3.8, 4) is 11.1 Å². The van der Waals surface area contributed by atoms with Crippen molar-refractivity contribution in [1.29, 1.82) is 0 Å². The van der Waals surface area contributed by atoms with Crippen LogP contribution < -0.4 is 10.2 Å². The Balaban J connectivity index is 1.45. The van der Waals surface area contributed by atoms with Crippen LogP contribution in [-0.2, 0) is 4.74 Å². The Morgan fingerprint density at radius 2 is 1.89 bits per heavy atom. The molecule has 1 aliphatic heterocycles. The van der Waals surface area contributed by atoms with Crippen molar-refractivity contribution in [1.82, 2.24) is 4.98 Å². The molecule has 0 bridgehead atoms. The molecule has 1 atom stereocenters. The largest absolute Gasteiger partial charge is 0.375 e. The summed E-state index contributed by atoms with van der Waals surface area (Å²) in [5.74, 6) is 0.756. The van der Waals surface area contributed by atoms with E-state index in [4.69, 9.17) is 4.74 Å². The van der Waals surface area contributed by atoms with Crippen LogP contribution in [0.2, 0.25) is 0 Å². The first-order valence-corrected chi connectivity index (χ1v) is 9.48. The molecule has 1 fully saturated rings. The normalized spacial score (nSPS) is 16.6. The average molecular weight is 373 g/mol. The third-order valence-electron chi connectivity index (χ3n) is 4.80. The van der Waals surface area contributed by atoms with E-state index in [0.717, 1.165) is 30.0 Å². The van der Waals surface area contributed by atoms with E-state index in [9.17, 15) is 4.79 Å². The Bertz CT molecular complexity index is 942. The molecule has 5 nitrogen and oxygen atoms in total. The van der Waals surface area contributed by atoms with E-state index in [1.54, 1.807) is 6.20 Å². The van der Waals surface area contributed by atoms with Crippen LogP contribution in [0.3, 0.4) is 0 Å². The van der Waals surface area contributed by atoms with Crippen LogP contribution in [-0.4, -0.2) is 36.7 Å². The Kier molecular flexibility index (Phi) is 5.35. The fourth-order valence-electron chi connectivity index (χ4n) is 3.35. The topological polar surface area (TPSA) is 54.5 Å². The summed E-state index contributed by atoms with van der Waals surface area (Å²) in [6.07, 6.45) is 1.90. The molecule has 0 saturated carbocycles. The molecule has 1 aliphatic rings. The van der Waals surface area contributed by atoms with Crippen molar-refractivity contribution < 1.29 is 9.53 Å². The fraction of sp³-hybridized carbons (Fsp3) is 0.217. The van der Waals surface area contributed by atoms with Crippen LogP contribution >= 0.6 is 0 Å². The van der Waals surface area contributed by atoms with E-state index in [1.807, 2.05) is 66.7 Å². The van der Waals surface area contributed by atoms with Gasteiger partial charge >= 0.3 is 0 Å². The molecule has 28 heavy (non-hydrogen) atoms. The van der Waals surface area contributed by atoms with Crippen LogP contribution in [0.5, 0.6) is 0 Å². The number of carbonyl (C=O) groups excluding carboxylic acids is 1. The molecular weight excluding hydrogens is 350 g/mol. The lowest BCUT2D eigenvalue weighted by Crippen LogP contribution is -2.41. The van der Waals surface area contributed by atoms with Gasteiger partial charge in [0.1, 0.15) is 5.82 Å². The Hall–Kier alpha value is -3.18. The van der Waals surface area contributed by atoms with Crippen LogP contribution in [0.4, 0.5) is 11.5 Å². The van der Waals surface area contributed by atoms with Gasteiger partial charge in [-0.05, 0) is 42.3 Å². The number of rotatable bonds is 4. The summed E-state index contributed by atoms with van der Waals surface area (Å²) >= 11 is 0. The zero-order valence-electron chi connectivity index (χ0n) is 15.8. The van der Waals surface area contributed by atoms with E-state index < -0.39 is 0 Å². The Morgan fingerprint density at radius 3 is 2.64 bits per heavy atom. The SMILES string of the molecule is CC1CN(c2ccc(NC(=O)c3cccc(-c4ccccc4)c3)cn2)CCO1. The van der Waals surface area contributed by atoms with Crippen LogP contribution in [0, 0.1) is 0 Å². The molecule has 1 aromatic heterocycles. The van der Waals surface area contributed by atoms with Gasteiger partial charge in [0.05, 0.1) is 24.6 Å². The standard InChI is InChI=1S/C23H23N3O2/c1-17-16-26(12-13-28-17)22-11-10-21(15-24-22)25-23(27)20-9-5-8-19(14-20)18-6-3-2-4-7-18/h2-11,14-15,17H,12-13,16H2,1H3,(H,25,27). The second-order valence-electron chi connectivity index (χ2n) is 6.93. The number of nitrogens with one attached hydrogen (secondary N) is 1. The van der Waals surface area contributed by atoms with Gasteiger partial charge in [0.15, 0.2) is 0 Å². The maximum absolute atomic E-state index is 12.7. The van der Waals surface area contributed by atoms with Crippen LogP contribution in [0.25, 0.3) is 11.1 Å². The number of pyridine rings is 1. The molecule has 1 N–H and O–H groups in total. The summed E-state index contributed by atoms with van der Waals surface area (Å²) in [6.45, 7) is 4.42. The molecule has 1 amide bonds. The molecule has 3 aromatic rings. The number of anilines is 2. The van der Waals surface area contributed by atoms with Gasteiger partial charge in [-0.15, -0.1) is 0 Å². The second kappa shape index (κ2) is 8.23. The van der Waals surface area contributed by atoms with E-state index >= 15 is 0 Å². The zero-order valence-corrected chi connectivity index (χ0v) is 15.8. The lowest BCUT2D eigenvalue weighted by molar-refractivity contribution is 0.0529. The molecule has 4 rings (SSSR count). The number of morpholine rings is 1. The second-order valence-corrected chi connectivity index (χ2v) is 6.93. The van der Waals surface area contributed by atoms with Crippen molar-refractivity contribution in [2.45, 2.75) is 13.0 Å². The van der Waals surface area contributed by atoms with E-state index in [2.05, 4.69) is 22.1 Å². The number of aromatic nitrogens is 1. The predicted molar refractivity (Wildman–Crippen MR) is 112 cm³/mol. The number of carbonyl (C=O) groups is 1. The minimum atomic E-state index is -0.146. The molecule has 1 unspecified atom stereocenters. The summed E-state index contributed by atoms with van der Waals surface area (Å²) < 4.78 is 5.57. The van der Waals surface area contributed by atoms with Crippen LogP contribution in [0.1, 0.15) is 17.3 Å². The highest BCUT2D eigenvalue weighted by atomic mass is 16.5. The highest BCUT2D eigenvalue weighted by Gasteiger charge is 2.18. The third kappa shape index (κ3) is 4.21. The number of amides is 1. The first kappa shape index (κ1) is 18.2. The summed E-state index contributed by atoms with van der Waals surface area (Å²) in [5, 5.41) is 2.93. The van der Waals surface area contributed by atoms with Crippen molar-refractivity contribution >= 4 is 17.4 Å². The molecule has 0 aliphatic carbocycles. The number of hydrogen-bond donors (Lipinski definition) is 1. The maximum atomic E-state index is 12.7. The van der Waals surface area contributed by atoms with Crippen molar-refractivity contribution in [3.05, 3.63) is 78.5 Å². The van der Waals surface area contributed by atoms with Crippen molar-refractivity contribution in [3.63, 3.8) is 0 Å². The molecule has 0 spiro atoms. The number of nitrogens with zero attached hydrogens (tertiary/aromatic N) is 2. The summed E-state index contributed by atoms with van der Waals surface area (Å²) in [7, 11) is 0. The summed E-state index contributed by atoms with van der Waals surface area (Å²) in [6, 6.07) is 21.5. The lowest BCUT2D eigenvalue weighted by Gasteiger charge is -2.32. The average Bonchev–Trinajstić information content (AvgIpc) is 2.75. The van der Waals surface area contributed by atoms with Crippen molar-refractivity contribution in [2.75, 3.05) is 29.9 Å². The first-order valence-electron chi connectivity index (χ1n) is 9.48. The fourth-order valence-corrected chi connectivity index (χ4v) is 3.35. The lowest BCUT2D eigenvalue weighted by atomic mass is 10.0. The summed E-state index contributed by atoms with van der Waals surface area (Å²) in [4.78, 5) is 19.4. The summed E-state index contributed by atoms with van der Waals surface area (Å²) in [5.41, 5.74) is 3.40. The molecule has 0 radical (unpaired) electrons. The van der Waals surface area contributed by atoms with Gasteiger partial charge in [0.25, 0.3) is 5.91 Å². The highest BCUT2D eigenvalue weighted by molar-refractivity contribution is 6.04. The predicted octanol–water partition coefficient (Wildman–Crippen LogP) is 4.23. The smallest absolute Gasteiger partial charge is 0.255 e. The highest BCUT2D eigenvalue weighted by Crippen LogP contribution is 2.21. The van der Waals surface area contributed by atoms with E-state index in [-0.39, 0.29) is 12.0 Å². The maximum Gasteiger partial charge on any atom is 0.255 e. The van der Waals surface area contributed by atoms with Crippen molar-refractivity contribution in [2.24, 2.45) is 0 Å². The monoisotopic (exact) mass is 373 g/mol. The quantitative estimate of drug-likeness (QED) is 0.744. The number of benzene rings is 2.